The van der Waals surface area contributed by atoms with Gasteiger partial charge in [0.1, 0.15) is 238 Å². The molecule has 0 aliphatic carbocycles. The number of rotatable bonds is 37. The number of aliphatic hydroxyl groups excluding tert-OH is 27. The SMILES string of the molecule is CC(=O)N[C@@H]1[C@@H](O)[C@H](O[C@@H]2O[C@H](CO)[C@@H](O[C@@H]3O[C@H](CO[C@H]4O[C@H](CO[C@@H]5O[C@H](CO)[C@@H](O[C@@H]6O[C@H](CO[C@]7(C(=O)O)C[C@H](O)[C@@H](NC(C)=O)[C@H]([C@H](O)[C@H](O)CO)O7)[C@H](O)[C@H](O)[C@H]6O)[C@H](O)[C@H]5NC(C)=O)[C@@H](O)[C@H](O)[C@@H]4O[C@@H]4O[C@H](CO)[C@@H](O)[C@H](O)[C@H]4NC(C)=O)[C@@H](O)[C@H](O[C@H]4O[C@H](CO)[C@@H](O)[C@H](O)[C@@H]4O[C@@H]4O[C@H](CO)[C@@H](O)[C@H](O)[C@H]4NC(C)=O)[C@@H]3O)[C@H](O)[C@H]2NC(C)=O)[C@@H](CO)O[C@H]1O. The van der Waals surface area contributed by atoms with Gasteiger partial charge < -0.3 is 265 Å². The van der Waals surface area contributed by atoms with E-state index in [0.29, 0.717) is 0 Å². The Morgan fingerprint density at radius 3 is 1.06 bits per heavy atom. The Hall–Kier alpha value is -5.55. The first-order valence-corrected chi connectivity index (χ1v) is 42.7. The normalized spacial score (nSPS) is 46.4. The van der Waals surface area contributed by atoms with Crippen LogP contribution in [0, 0.1) is 0 Å². The molecule has 10 heterocycles. The minimum atomic E-state index is -3.09. The Morgan fingerprint density at radius 1 is 0.304 bits per heavy atom. The zero-order valence-corrected chi connectivity index (χ0v) is 72.8. The highest BCUT2D eigenvalue weighted by Crippen LogP contribution is 2.42. The quantitative estimate of drug-likeness (QED) is 0.0275. The zero-order valence-electron chi connectivity index (χ0n) is 72.8. The molecule has 0 unspecified atom stereocenters. The van der Waals surface area contributed by atoms with Crippen molar-refractivity contribution in [1.29, 1.82) is 0 Å². The largest absolute Gasteiger partial charge is 0.477 e. The van der Waals surface area contributed by atoms with E-state index in [1.54, 1.807) is 0 Å². The summed E-state index contributed by atoms with van der Waals surface area (Å²) in [5.74, 6) is -10.6. The lowest BCUT2D eigenvalue weighted by Gasteiger charge is -2.51. The highest BCUT2D eigenvalue weighted by atomic mass is 16.8. The Labute approximate surface area is 764 Å². The standard InChI is InChI=1S/C75H124N6O54/c1-18(89)76-35-24(95)7-75(74(115)116,135-61(35)41(97)25(96)8-82)119-17-34-45(101)53(109)56(112)70(127-34)130-59-30(13-87)124-66(39(51(59)107)80-22(5)93)117-15-32-46(102)55(111)63(133-67-37(78-20(3)91)48(104)42(98)26(9-83)121-67)72(128-32)118-16-33-47(103)62(132-73-64(54(110)44(100)28(11-85)123-73)134-68-38(79-21(4)92)49(105)43(99)27(10-84)122-68)57(113)71(126-33)131-60-31(14-88)125-69(40(52(60)108)81-23(6)94)129-58-29(12-86)120-65(114)36(50(58)106)77-19(2)90/h24-73,82-88,95-114H,7-17H2,1-6H3,(H,76,89)(H,77,90)(H,78,91)(H,79,92)(H,80,93)(H,81,94)(H,115,116)/t24-,25+,26+,27+,28+,29+,30+,31+,32+,33+,34+,35+,36+,37+,38+,39+,40+,41+,42+,43+,44+,45-,46+,47+,48+,49+,50+,51+,52+,53-,54-,55-,56+,57-,58+,59+,60+,61+,62-,63-,64-,65+,66+,67-,68-,69-,70-,71-,72-,73+,75+/m0/s1. The van der Waals surface area contributed by atoms with Gasteiger partial charge in [-0.1, -0.05) is 0 Å². The zero-order chi connectivity index (χ0) is 99.9. The predicted octanol–water partition coefficient (Wildman–Crippen LogP) is -22.7. The Balaban J connectivity index is 0.970. The lowest BCUT2D eigenvalue weighted by Crippen LogP contribution is -2.70. The molecular weight excluding hydrogens is 1850 g/mol. The third kappa shape index (κ3) is 25.4. The Bertz CT molecular complexity index is 3820. The second-order valence-electron chi connectivity index (χ2n) is 33.9. The van der Waals surface area contributed by atoms with E-state index in [1.165, 1.54) is 0 Å². The maximum atomic E-state index is 13.1. The summed E-state index contributed by atoms with van der Waals surface area (Å²) in [6, 6.07) is -11.1. The smallest absolute Gasteiger partial charge is 0.364 e. The monoisotopic (exact) mass is 1970 g/mol. The van der Waals surface area contributed by atoms with Crippen molar-refractivity contribution >= 4 is 41.4 Å². The van der Waals surface area contributed by atoms with E-state index in [9.17, 15) is 177 Å². The van der Waals surface area contributed by atoms with Crippen LogP contribution in [-0.2, 0) is 124 Å². The van der Waals surface area contributed by atoms with Crippen molar-refractivity contribution in [2.24, 2.45) is 0 Å². The molecule has 10 saturated heterocycles. The van der Waals surface area contributed by atoms with Gasteiger partial charge >= 0.3 is 5.97 Å². The Morgan fingerprint density at radius 2 is 0.615 bits per heavy atom. The molecule has 10 aliphatic rings. The molecular formula is C75H124N6O54. The van der Waals surface area contributed by atoms with Crippen LogP contribution in [0.15, 0.2) is 0 Å². The average molecular weight is 1970 g/mol. The van der Waals surface area contributed by atoms with Crippen molar-refractivity contribution < 1.29 is 267 Å². The number of hydrogen-bond acceptors (Lipinski definition) is 53. The molecule has 0 saturated carbocycles. The molecule has 10 aliphatic heterocycles. The van der Waals surface area contributed by atoms with E-state index < -0.39 is 426 Å². The van der Waals surface area contributed by atoms with Gasteiger partial charge in [-0.25, -0.2) is 4.79 Å². The summed E-state index contributed by atoms with van der Waals surface area (Å²) < 4.78 is 113. The highest BCUT2D eigenvalue weighted by molar-refractivity contribution is 5.77. The summed E-state index contributed by atoms with van der Waals surface area (Å²) >= 11 is 0. The highest BCUT2D eigenvalue weighted by Gasteiger charge is 2.63. The van der Waals surface area contributed by atoms with Crippen molar-refractivity contribution in [1.82, 2.24) is 31.9 Å². The predicted molar refractivity (Wildman–Crippen MR) is 416 cm³/mol. The second-order valence-corrected chi connectivity index (χ2v) is 33.9. The van der Waals surface area contributed by atoms with Gasteiger partial charge in [-0.15, -0.1) is 0 Å². The lowest BCUT2D eigenvalue weighted by molar-refractivity contribution is -0.396. The van der Waals surface area contributed by atoms with Crippen LogP contribution in [0.25, 0.3) is 0 Å². The topological polar surface area (TPSA) is 933 Å². The number of amides is 6. The molecule has 34 N–H and O–H groups in total. The summed E-state index contributed by atoms with van der Waals surface area (Å²) in [5, 5.41) is 329. The fraction of sp³-hybridized carbons (Fsp3) is 0.907. The number of aliphatic carboxylic acids is 1. The molecule has 0 radical (unpaired) electrons. The Kier molecular flexibility index (Phi) is 40.0. The maximum absolute atomic E-state index is 13.1. The first-order valence-electron chi connectivity index (χ1n) is 42.7. The van der Waals surface area contributed by atoms with Crippen molar-refractivity contribution in [3.8, 4) is 0 Å². The minimum Gasteiger partial charge on any atom is -0.477 e. The van der Waals surface area contributed by atoms with Crippen LogP contribution in [0.4, 0.5) is 0 Å². The molecule has 135 heavy (non-hydrogen) atoms. The van der Waals surface area contributed by atoms with E-state index in [1.807, 2.05) is 0 Å². The summed E-state index contributed by atoms with van der Waals surface area (Å²) in [6.07, 6.45) is -96.9. The van der Waals surface area contributed by atoms with Gasteiger partial charge in [0.05, 0.1) is 78.2 Å². The molecule has 51 atom stereocenters. The van der Waals surface area contributed by atoms with Crippen LogP contribution >= 0.6 is 0 Å². The lowest BCUT2D eigenvalue weighted by atomic mass is 9.88. The summed E-state index contributed by atoms with van der Waals surface area (Å²) in [6.45, 7) is -6.06. The molecule has 778 valence electrons. The maximum Gasteiger partial charge on any atom is 0.364 e. The number of carboxylic acids is 1. The van der Waals surface area contributed by atoms with Crippen LogP contribution in [0.2, 0.25) is 0 Å². The van der Waals surface area contributed by atoms with Crippen molar-refractivity contribution in [2.45, 2.75) is 360 Å². The van der Waals surface area contributed by atoms with Gasteiger partial charge in [-0.2, -0.15) is 0 Å². The van der Waals surface area contributed by atoms with Crippen LogP contribution in [0.3, 0.4) is 0 Å². The number of ether oxygens (including phenoxy) is 19. The molecule has 10 fully saturated rings. The first-order chi connectivity index (χ1) is 63.6. The molecule has 0 aromatic rings. The van der Waals surface area contributed by atoms with Crippen LogP contribution in [0.5, 0.6) is 0 Å². The number of aliphatic hydroxyl groups is 27. The molecule has 60 nitrogen and oxygen atoms in total. The number of carbonyl (C=O) groups is 7. The van der Waals surface area contributed by atoms with Gasteiger partial charge in [0.2, 0.25) is 35.4 Å². The summed E-state index contributed by atoms with van der Waals surface area (Å²) in [4.78, 5) is 89.1. The van der Waals surface area contributed by atoms with Gasteiger partial charge in [-0.05, 0) is 0 Å². The third-order valence-corrected chi connectivity index (χ3v) is 24.2. The molecule has 6 amide bonds. The number of carbonyl (C=O) groups excluding carboxylic acids is 6. The number of carboxylic acid groups (broad SMARTS) is 1. The van der Waals surface area contributed by atoms with Gasteiger partial charge in [0.15, 0.2) is 56.6 Å². The van der Waals surface area contributed by atoms with E-state index in [2.05, 4.69) is 31.9 Å². The van der Waals surface area contributed by atoms with E-state index >= 15 is 0 Å². The number of hydrogen-bond donors (Lipinski definition) is 34. The fourth-order valence-corrected chi connectivity index (χ4v) is 17.2. The van der Waals surface area contributed by atoms with Crippen LogP contribution < -0.4 is 31.9 Å². The molecule has 10 rings (SSSR count). The first kappa shape index (κ1) is 111. The second kappa shape index (κ2) is 48.5. The van der Waals surface area contributed by atoms with Crippen molar-refractivity contribution in [2.75, 3.05) is 66.1 Å². The van der Waals surface area contributed by atoms with Gasteiger partial charge in [-0.3, -0.25) is 28.8 Å². The van der Waals surface area contributed by atoms with E-state index in [4.69, 9.17) is 90.0 Å². The minimum absolute atomic E-state index is 0.814. The third-order valence-electron chi connectivity index (χ3n) is 24.2. The molecule has 60 heteroatoms. The molecule has 0 aromatic carbocycles. The molecule has 0 spiro atoms. The molecule has 0 aromatic heterocycles. The summed E-state index contributed by atoms with van der Waals surface area (Å²) in [5.41, 5.74) is 0. The van der Waals surface area contributed by atoms with Gasteiger partial charge in [0.25, 0.3) is 5.79 Å². The van der Waals surface area contributed by atoms with E-state index in [-0.39, 0.29) is 0 Å². The molecule has 0 bridgehead atoms. The average Bonchev–Trinajstić information content (AvgIpc) is 0.762. The van der Waals surface area contributed by atoms with E-state index in [0.717, 1.165) is 41.5 Å². The summed E-state index contributed by atoms with van der Waals surface area (Å²) in [7, 11) is 0. The van der Waals surface area contributed by atoms with Crippen molar-refractivity contribution in [3.05, 3.63) is 0 Å². The fourth-order valence-electron chi connectivity index (χ4n) is 17.2. The van der Waals surface area contributed by atoms with Crippen LogP contribution in [0.1, 0.15) is 48.0 Å². The van der Waals surface area contributed by atoms with Gasteiger partial charge in [0, 0.05) is 48.0 Å². The van der Waals surface area contributed by atoms with Crippen LogP contribution in [-0.4, -0.2) is 563 Å². The van der Waals surface area contributed by atoms with Crippen molar-refractivity contribution in [3.63, 3.8) is 0 Å². The number of nitrogens with one attached hydrogen (secondary N) is 6.